The Hall–Kier alpha value is -1.99. The third kappa shape index (κ3) is 3.56. The lowest BCUT2D eigenvalue weighted by atomic mass is 10.2. The average molecular weight is 374 g/mol. The molecule has 0 aliphatic heterocycles. The van der Waals surface area contributed by atoms with Crippen molar-refractivity contribution < 1.29 is 14.1 Å². The van der Waals surface area contributed by atoms with E-state index in [1.807, 2.05) is 0 Å². The van der Waals surface area contributed by atoms with Gasteiger partial charge in [-0.15, -0.1) is 0 Å². The van der Waals surface area contributed by atoms with Crippen LogP contribution in [0.2, 0.25) is 5.02 Å². The van der Waals surface area contributed by atoms with Gasteiger partial charge >= 0.3 is 5.69 Å². The summed E-state index contributed by atoms with van der Waals surface area (Å²) in [6.45, 7) is 0. The van der Waals surface area contributed by atoms with Crippen LogP contribution in [0.3, 0.4) is 0 Å². The summed E-state index contributed by atoms with van der Waals surface area (Å²) < 4.78 is 13.8. The Labute approximate surface area is 132 Å². The molecule has 1 N–H and O–H groups in total. The van der Waals surface area contributed by atoms with Crippen LogP contribution in [0.15, 0.2) is 40.9 Å². The number of carbonyl (C=O) groups is 1. The lowest BCUT2D eigenvalue weighted by molar-refractivity contribution is -0.387. The van der Waals surface area contributed by atoms with Gasteiger partial charge in [0.15, 0.2) is 0 Å². The first-order valence-electron chi connectivity index (χ1n) is 5.59. The summed E-state index contributed by atoms with van der Waals surface area (Å²) in [6, 6.07) is 7.68. The van der Waals surface area contributed by atoms with Gasteiger partial charge in [-0.25, -0.2) is 0 Å². The van der Waals surface area contributed by atoms with Crippen LogP contribution in [0.5, 0.6) is 0 Å². The fourth-order valence-electron chi connectivity index (χ4n) is 1.57. The first-order chi connectivity index (χ1) is 9.88. The molecule has 0 bridgehead atoms. The van der Waals surface area contributed by atoms with Crippen LogP contribution in [0, 0.1) is 15.9 Å². The van der Waals surface area contributed by atoms with Crippen molar-refractivity contribution in [2.45, 2.75) is 0 Å². The van der Waals surface area contributed by atoms with Crippen molar-refractivity contribution in [3.63, 3.8) is 0 Å². The van der Waals surface area contributed by atoms with E-state index in [2.05, 4.69) is 21.2 Å². The molecule has 0 aliphatic carbocycles. The molecular formula is C13H7BrClFN2O3. The summed E-state index contributed by atoms with van der Waals surface area (Å²) >= 11 is 9.08. The minimum atomic E-state index is -0.968. The zero-order valence-electron chi connectivity index (χ0n) is 10.3. The summed E-state index contributed by atoms with van der Waals surface area (Å²) in [4.78, 5) is 21.8. The molecule has 0 fully saturated rings. The van der Waals surface area contributed by atoms with E-state index in [1.165, 1.54) is 18.2 Å². The van der Waals surface area contributed by atoms with Gasteiger partial charge < -0.3 is 5.32 Å². The molecule has 0 saturated heterocycles. The highest BCUT2D eigenvalue weighted by molar-refractivity contribution is 9.10. The van der Waals surface area contributed by atoms with Gasteiger partial charge in [0.2, 0.25) is 5.82 Å². The molecule has 0 aliphatic rings. The van der Waals surface area contributed by atoms with E-state index in [-0.39, 0.29) is 11.3 Å². The third-order valence-electron chi connectivity index (χ3n) is 2.58. The monoisotopic (exact) mass is 372 g/mol. The fourth-order valence-corrected chi connectivity index (χ4v) is 2.00. The fraction of sp³-hybridized carbons (Fsp3) is 0. The number of carbonyl (C=O) groups excluding carboxylic acids is 1. The Kier molecular flexibility index (Phi) is 4.54. The van der Waals surface area contributed by atoms with Crippen molar-refractivity contribution in [3.8, 4) is 0 Å². The minimum Gasteiger partial charge on any atom is -0.322 e. The summed E-state index contributed by atoms with van der Waals surface area (Å²) in [7, 11) is 0. The summed E-state index contributed by atoms with van der Waals surface area (Å²) in [5.74, 6) is -1.48. The van der Waals surface area contributed by atoms with Crippen LogP contribution in [0.1, 0.15) is 10.4 Å². The molecule has 8 heteroatoms. The molecule has 2 aromatic carbocycles. The van der Waals surface area contributed by atoms with Gasteiger partial charge in [0.05, 0.1) is 9.95 Å². The standard InChI is InChI=1S/C13H7BrClFN2O3/c14-9-3-1-7(5-10(9)15)13(19)17-8-2-4-11(16)12(6-8)18(20)21/h1-6H,(H,17,19). The molecule has 0 spiro atoms. The number of amides is 1. The van der Waals surface area contributed by atoms with Crippen molar-refractivity contribution in [1.82, 2.24) is 0 Å². The van der Waals surface area contributed by atoms with Gasteiger partial charge in [0.1, 0.15) is 0 Å². The van der Waals surface area contributed by atoms with Crippen LogP contribution in [-0.2, 0) is 0 Å². The number of nitrogens with zero attached hydrogens (tertiary/aromatic N) is 1. The predicted molar refractivity (Wildman–Crippen MR) is 80.2 cm³/mol. The second-order valence-electron chi connectivity index (χ2n) is 4.01. The van der Waals surface area contributed by atoms with E-state index < -0.39 is 22.3 Å². The van der Waals surface area contributed by atoms with E-state index in [1.54, 1.807) is 6.07 Å². The van der Waals surface area contributed by atoms with Crippen LogP contribution >= 0.6 is 27.5 Å². The Morgan fingerprint density at radius 2 is 2.00 bits per heavy atom. The number of benzene rings is 2. The highest BCUT2D eigenvalue weighted by atomic mass is 79.9. The number of anilines is 1. The van der Waals surface area contributed by atoms with Crippen LogP contribution in [-0.4, -0.2) is 10.8 Å². The average Bonchev–Trinajstić information content (AvgIpc) is 2.43. The number of halogens is 3. The van der Waals surface area contributed by atoms with Gasteiger partial charge in [0, 0.05) is 21.8 Å². The molecule has 1 amide bonds. The third-order valence-corrected chi connectivity index (χ3v) is 3.81. The predicted octanol–water partition coefficient (Wildman–Crippen LogP) is 4.40. The topological polar surface area (TPSA) is 72.2 Å². The van der Waals surface area contributed by atoms with Crippen LogP contribution in [0.4, 0.5) is 15.8 Å². The Bertz CT molecular complexity index is 739. The lowest BCUT2D eigenvalue weighted by Gasteiger charge is -2.06. The van der Waals surface area contributed by atoms with Gasteiger partial charge in [-0.05, 0) is 46.3 Å². The highest BCUT2D eigenvalue weighted by Crippen LogP contribution is 2.25. The largest absolute Gasteiger partial charge is 0.322 e. The summed E-state index contributed by atoms with van der Waals surface area (Å²) in [6.07, 6.45) is 0. The van der Waals surface area contributed by atoms with Crippen LogP contribution in [0.25, 0.3) is 0 Å². The Balaban J connectivity index is 2.25. The summed E-state index contributed by atoms with van der Waals surface area (Å²) in [5.41, 5.74) is -0.316. The second-order valence-corrected chi connectivity index (χ2v) is 5.27. The number of nitro groups is 1. The van der Waals surface area contributed by atoms with Gasteiger partial charge in [0.25, 0.3) is 5.91 Å². The van der Waals surface area contributed by atoms with E-state index >= 15 is 0 Å². The van der Waals surface area contributed by atoms with Crippen molar-refractivity contribution >= 4 is 44.8 Å². The van der Waals surface area contributed by atoms with E-state index in [0.29, 0.717) is 9.50 Å². The van der Waals surface area contributed by atoms with Crippen LogP contribution < -0.4 is 5.32 Å². The Morgan fingerprint density at radius 1 is 1.29 bits per heavy atom. The Morgan fingerprint density at radius 3 is 2.62 bits per heavy atom. The highest BCUT2D eigenvalue weighted by Gasteiger charge is 2.16. The first-order valence-corrected chi connectivity index (χ1v) is 6.76. The molecule has 0 saturated carbocycles. The second kappa shape index (κ2) is 6.19. The number of rotatable bonds is 3. The maximum atomic E-state index is 13.2. The zero-order chi connectivity index (χ0) is 15.6. The van der Waals surface area contributed by atoms with E-state index in [0.717, 1.165) is 12.1 Å². The lowest BCUT2D eigenvalue weighted by Crippen LogP contribution is -2.12. The number of nitro benzene ring substituents is 1. The number of hydrogen-bond acceptors (Lipinski definition) is 3. The SMILES string of the molecule is O=C(Nc1ccc(F)c([N+](=O)[O-])c1)c1ccc(Br)c(Cl)c1. The maximum Gasteiger partial charge on any atom is 0.306 e. The van der Waals surface area contributed by atoms with Crippen molar-refractivity contribution in [2.24, 2.45) is 0 Å². The van der Waals surface area contributed by atoms with E-state index in [4.69, 9.17) is 11.6 Å². The first kappa shape index (κ1) is 15.4. The van der Waals surface area contributed by atoms with Crippen molar-refractivity contribution in [2.75, 3.05) is 5.32 Å². The number of hydrogen-bond donors (Lipinski definition) is 1. The molecule has 0 aromatic heterocycles. The molecule has 2 rings (SSSR count). The summed E-state index contributed by atoms with van der Waals surface area (Å²) in [5, 5.41) is 13.4. The molecule has 0 heterocycles. The molecular weight excluding hydrogens is 367 g/mol. The minimum absolute atomic E-state index is 0.118. The molecule has 108 valence electrons. The molecule has 0 radical (unpaired) electrons. The number of nitrogens with one attached hydrogen (secondary N) is 1. The molecule has 5 nitrogen and oxygen atoms in total. The molecule has 0 atom stereocenters. The smallest absolute Gasteiger partial charge is 0.306 e. The van der Waals surface area contributed by atoms with Gasteiger partial charge in [-0.2, -0.15) is 4.39 Å². The van der Waals surface area contributed by atoms with Gasteiger partial charge in [-0.1, -0.05) is 11.6 Å². The molecule has 2 aromatic rings. The van der Waals surface area contributed by atoms with Crippen molar-refractivity contribution in [1.29, 1.82) is 0 Å². The van der Waals surface area contributed by atoms with E-state index in [9.17, 15) is 19.3 Å². The van der Waals surface area contributed by atoms with Crippen molar-refractivity contribution in [3.05, 3.63) is 67.4 Å². The molecule has 0 unspecified atom stereocenters. The normalized spacial score (nSPS) is 10.2. The molecule has 21 heavy (non-hydrogen) atoms. The zero-order valence-corrected chi connectivity index (χ0v) is 12.6. The maximum absolute atomic E-state index is 13.2. The van der Waals surface area contributed by atoms with Gasteiger partial charge in [-0.3, -0.25) is 14.9 Å². The quantitative estimate of drug-likeness (QED) is 0.640.